The summed E-state index contributed by atoms with van der Waals surface area (Å²) in [5.41, 5.74) is -0.0522. The molecule has 1 rings (SSSR count). The predicted octanol–water partition coefficient (Wildman–Crippen LogP) is 3.70. The summed E-state index contributed by atoms with van der Waals surface area (Å²) in [6, 6.07) is 1.99. The molecule has 0 saturated carbocycles. The van der Waals surface area contributed by atoms with E-state index >= 15 is 0 Å². The van der Waals surface area contributed by atoms with Gasteiger partial charge in [-0.3, -0.25) is 4.79 Å². The molecule has 1 aromatic carbocycles. The van der Waals surface area contributed by atoms with Crippen molar-refractivity contribution >= 4 is 29.5 Å². The number of hydrogen-bond acceptors (Lipinski definition) is 2. The number of ether oxygens (including phenoxy) is 1. The van der Waals surface area contributed by atoms with E-state index in [0.717, 1.165) is 12.1 Å². The van der Waals surface area contributed by atoms with Crippen molar-refractivity contribution in [3.8, 4) is 5.75 Å². The molecule has 1 aromatic rings. The fraction of sp³-hybridized carbons (Fsp3) is 0.125. The van der Waals surface area contributed by atoms with Gasteiger partial charge in [-0.2, -0.15) is 0 Å². The van der Waals surface area contributed by atoms with E-state index in [1.165, 1.54) is 0 Å². The standard InChI is InChI=1S/C8H3Cl2F3O2/c9-5-1-4(3-14)2-6(7(5)10)15-8(11,12)13/h1-3H. The van der Waals surface area contributed by atoms with Crippen LogP contribution in [0.1, 0.15) is 10.4 Å². The lowest BCUT2D eigenvalue weighted by Gasteiger charge is -2.11. The summed E-state index contributed by atoms with van der Waals surface area (Å²) in [7, 11) is 0. The van der Waals surface area contributed by atoms with Gasteiger partial charge in [-0.15, -0.1) is 13.2 Å². The van der Waals surface area contributed by atoms with E-state index in [0.29, 0.717) is 6.29 Å². The quantitative estimate of drug-likeness (QED) is 0.757. The van der Waals surface area contributed by atoms with E-state index < -0.39 is 12.1 Å². The van der Waals surface area contributed by atoms with Crippen LogP contribution < -0.4 is 4.74 Å². The fourth-order valence-electron chi connectivity index (χ4n) is 0.851. The number of rotatable bonds is 2. The van der Waals surface area contributed by atoms with E-state index in [4.69, 9.17) is 23.2 Å². The third-order valence-electron chi connectivity index (χ3n) is 1.38. The first-order chi connectivity index (χ1) is 6.83. The molecular weight excluding hydrogens is 256 g/mol. The summed E-state index contributed by atoms with van der Waals surface area (Å²) in [5.74, 6) is -0.696. The second-order valence-electron chi connectivity index (χ2n) is 2.48. The van der Waals surface area contributed by atoms with E-state index in [9.17, 15) is 18.0 Å². The fourth-order valence-corrected chi connectivity index (χ4v) is 1.22. The third kappa shape index (κ3) is 3.28. The highest BCUT2D eigenvalue weighted by Gasteiger charge is 2.32. The van der Waals surface area contributed by atoms with Crippen molar-refractivity contribution in [2.75, 3.05) is 0 Å². The lowest BCUT2D eigenvalue weighted by molar-refractivity contribution is -0.274. The first kappa shape index (κ1) is 12.1. The van der Waals surface area contributed by atoms with Crippen molar-refractivity contribution in [2.24, 2.45) is 0 Å². The molecule has 7 heteroatoms. The molecule has 15 heavy (non-hydrogen) atoms. The summed E-state index contributed by atoms with van der Waals surface area (Å²) in [6.45, 7) is 0. The van der Waals surface area contributed by atoms with Gasteiger partial charge in [-0.25, -0.2) is 0 Å². The van der Waals surface area contributed by atoms with Crippen LogP contribution in [0.25, 0.3) is 0 Å². The van der Waals surface area contributed by atoms with E-state index in [1.54, 1.807) is 0 Å². The van der Waals surface area contributed by atoms with Crippen LogP contribution in [-0.2, 0) is 0 Å². The molecule has 82 valence electrons. The van der Waals surface area contributed by atoms with Gasteiger partial charge in [-0.05, 0) is 12.1 Å². The van der Waals surface area contributed by atoms with Crippen molar-refractivity contribution < 1.29 is 22.7 Å². The van der Waals surface area contributed by atoms with Crippen LogP contribution in [-0.4, -0.2) is 12.6 Å². The Hall–Kier alpha value is -0.940. The Morgan fingerprint density at radius 1 is 1.27 bits per heavy atom. The van der Waals surface area contributed by atoms with Gasteiger partial charge in [0, 0.05) is 5.56 Å². The third-order valence-corrected chi connectivity index (χ3v) is 2.16. The molecule has 0 heterocycles. The van der Waals surface area contributed by atoms with Crippen molar-refractivity contribution in [1.29, 1.82) is 0 Å². The number of halogens is 5. The van der Waals surface area contributed by atoms with E-state index in [-0.39, 0.29) is 15.6 Å². The second-order valence-corrected chi connectivity index (χ2v) is 3.27. The maximum Gasteiger partial charge on any atom is 0.573 e. The normalized spacial score (nSPS) is 11.3. The van der Waals surface area contributed by atoms with Gasteiger partial charge in [0.1, 0.15) is 17.1 Å². The van der Waals surface area contributed by atoms with Gasteiger partial charge in [0.25, 0.3) is 0 Å². The molecule has 0 aliphatic carbocycles. The van der Waals surface area contributed by atoms with E-state index in [2.05, 4.69) is 4.74 Å². The molecule has 0 fully saturated rings. The Morgan fingerprint density at radius 3 is 2.33 bits per heavy atom. The minimum absolute atomic E-state index is 0.0522. The Morgan fingerprint density at radius 2 is 1.87 bits per heavy atom. The van der Waals surface area contributed by atoms with Crippen LogP contribution >= 0.6 is 23.2 Å². The Labute approximate surface area is 92.5 Å². The van der Waals surface area contributed by atoms with Crippen LogP contribution in [0.5, 0.6) is 5.75 Å². The molecule has 0 aromatic heterocycles. The minimum atomic E-state index is -4.88. The number of hydrogen-bond donors (Lipinski definition) is 0. The highest BCUT2D eigenvalue weighted by Crippen LogP contribution is 2.36. The zero-order valence-corrected chi connectivity index (χ0v) is 8.45. The smallest absolute Gasteiger partial charge is 0.404 e. The molecule has 0 unspecified atom stereocenters. The molecule has 0 aliphatic rings. The molecule has 0 bridgehead atoms. The maximum atomic E-state index is 11.9. The minimum Gasteiger partial charge on any atom is -0.404 e. The topological polar surface area (TPSA) is 26.3 Å². The lowest BCUT2D eigenvalue weighted by Crippen LogP contribution is -2.17. The van der Waals surface area contributed by atoms with Gasteiger partial charge in [0.2, 0.25) is 0 Å². The maximum absolute atomic E-state index is 11.9. The van der Waals surface area contributed by atoms with Crippen molar-refractivity contribution in [3.63, 3.8) is 0 Å². The molecule has 0 N–H and O–H groups in total. The predicted molar refractivity (Wildman–Crippen MR) is 48.5 cm³/mol. The molecule has 2 nitrogen and oxygen atoms in total. The average molecular weight is 259 g/mol. The van der Waals surface area contributed by atoms with Gasteiger partial charge in [0.15, 0.2) is 0 Å². The SMILES string of the molecule is O=Cc1cc(Cl)c(Cl)c(OC(F)(F)F)c1. The Bertz CT molecular complexity index is 390. The Balaban J connectivity index is 3.16. The van der Waals surface area contributed by atoms with Crippen molar-refractivity contribution in [2.45, 2.75) is 6.36 Å². The molecule has 0 aliphatic heterocycles. The summed E-state index contributed by atoms with van der Waals surface area (Å²) in [5, 5.41) is -0.569. The number of aldehydes is 1. The highest BCUT2D eigenvalue weighted by atomic mass is 35.5. The van der Waals surface area contributed by atoms with E-state index in [1.807, 2.05) is 0 Å². The molecule has 0 saturated heterocycles. The average Bonchev–Trinajstić information content (AvgIpc) is 2.10. The summed E-state index contributed by atoms with van der Waals surface area (Å²) < 4.78 is 39.2. The summed E-state index contributed by atoms with van der Waals surface area (Å²) in [4.78, 5) is 10.3. The number of carbonyl (C=O) groups is 1. The lowest BCUT2D eigenvalue weighted by atomic mass is 10.2. The molecular formula is C8H3Cl2F3O2. The van der Waals surface area contributed by atoms with Crippen LogP contribution in [0, 0.1) is 0 Å². The molecule has 0 spiro atoms. The van der Waals surface area contributed by atoms with Gasteiger partial charge < -0.3 is 4.74 Å². The summed E-state index contributed by atoms with van der Waals surface area (Å²) in [6.07, 6.45) is -4.54. The number of benzene rings is 1. The number of alkyl halides is 3. The van der Waals surface area contributed by atoms with Crippen molar-refractivity contribution in [3.05, 3.63) is 27.7 Å². The zero-order valence-electron chi connectivity index (χ0n) is 6.94. The number of carbonyl (C=O) groups excluding carboxylic acids is 1. The van der Waals surface area contributed by atoms with Crippen LogP contribution in [0.4, 0.5) is 13.2 Å². The van der Waals surface area contributed by atoms with Crippen LogP contribution in [0.3, 0.4) is 0 Å². The first-order valence-electron chi connectivity index (χ1n) is 3.53. The van der Waals surface area contributed by atoms with Crippen LogP contribution in [0.2, 0.25) is 10.0 Å². The van der Waals surface area contributed by atoms with Crippen molar-refractivity contribution in [1.82, 2.24) is 0 Å². The second kappa shape index (κ2) is 4.28. The monoisotopic (exact) mass is 258 g/mol. The largest absolute Gasteiger partial charge is 0.573 e. The van der Waals surface area contributed by atoms with Gasteiger partial charge in [-0.1, -0.05) is 23.2 Å². The Kier molecular flexibility index (Phi) is 3.46. The molecule has 0 amide bonds. The summed E-state index contributed by atoms with van der Waals surface area (Å²) >= 11 is 10.9. The van der Waals surface area contributed by atoms with Gasteiger partial charge in [0.05, 0.1) is 5.02 Å². The highest BCUT2D eigenvalue weighted by molar-refractivity contribution is 6.43. The first-order valence-corrected chi connectivity index (χ1v) is 4.29. The molecule has 0 radical (unpaired) electrons. The van der Waals surface area contributed by atoms with Gasteiger partial charge >= 0.3 is 6.36 Å². The zero-order chi connectivity index (χ0) is 11.6. The molecule has 0 atom stereocenters. The van der Waals surface area contributed by atoms with Crippen LogP contribution in [0.15, 0.2) is 12.1 Å².